The maximum atomic E-state index is 12.8. The van der Waals surface area contributed by atoms with E-state index in [1.165, 1.54) is 77.0 Å². The summed E-state index contributed by atoms with van der Waals surface area (Å²) in [6.45, 7) is 3.23. The van der Waals surface area contributed by atoms with Gasteiger partial charge in [-0.1, -0.05) is 140 Å². The van der Waals surface area contributed by atoms with Crippen molar-refractivity contribution in [2.45, 2.75) is 224 Å². The first-order chi connectivity index (χ1) is 29.4. The van der Waals surface area contributed by atoms with Crippen LogP contribution in [0, 0.1) is 0 Å². The van der Waals surface area contributed by atoms with Crippen LogP contribution < -0.4 is 0 Å². The number of ether oxygens (including phenoxy) is 2. The van der Waals surface area contributed by atoms with E-state index in [0.717, 1.165) is 64.2 Å². The second kappa shape index (κ2) is 37.2. The summed E-state index contributed by atoms with van der Waals surface area (Å²) in [5, 5.41) is 50.1. The highest BCUT2D eigenvalue weighted by Crippen LogP contribution is 2.47. The molecule has 1 fully saturated rings. The molecule has 6 N–H and O–H groups in total. The van der Waals surface area contributed by atoms with E-state index in [0.29, 0.717) is 12.8 Å². The van der Waals surface area contributed by atoms with E-state index < -0.39 is 75.7 Å². The molecule has 6 unspecified atom stereocenters. The molecule has 14 heteroatoms. The quantitative estimate of drug-likeness (QED) is 0.0148. The molecule has 1 aliphatic rings. The zero-order valence-corrected chi connectivity index (χ0v) is 38.3. The molecular formula is C47H83O13P. The summed E-state index contributed by atoms with van der Waals surface area (Å²) in [6, 6.07) is 0. The Labute approximate surface area is 367 Å². The first-order valence-corrected chi connectivity index (χ1v) is 24.9. The largest absolute Gasteiger partial charge is 0.472 e. The van der Waals surface area contributed by atoms with Crippen LogP contribution in [0.25, 0.3) is 0 Å². The van der Waals surface area contributed by atoms with Gasteiger partial charge in [-0.05, 0) is 77.0 Å². The highest BCUT2D eigenvalue weighted by Gasteiger charge is 2.51. The van der Waals surface area contributed by atoms with E-state index in [9.17, 15) is 44.6 Å². The monoisotopic (exact) mass is 887 g/mol. The third-order valence-corrected chi connectivity index (χ3v) is 11.6. The molecule has 0 aromatic carbocycles. The van der Waals surface area contributed by atoms with Gasteiger partial charge in [0.1, 0.15) is 43.2 Å². The van der Waals surface area contributed by atoms with Gasteiger partial charge in [0, 0.05) is 12.8 Å². The van der Waals surface area contributed by atoms with E-state index >= 15 is 0 Å². The van der Waals surface area contributed by atoms with Crippen molar-refractivity contribution in [1.82, 2.24) is 0 Å². The van der Waals surface area contributed by atoms with Gasteiger partial charge in [-0.15, -0.1) is 0 Å². The van der Waals surface area contributed by atoms with Crippen LogP contribution in [0.15, 0.2) is 48.6 Å². The molecule has 0 aromatic rings. The fourth-order valence-electron chi connectivity index (χ4n) is 6.82. The van der Waals surface area contributed by atoms with Crippen molar-refractivity contribution in [3.05, 3.63) is 48.6 Å². The fraction of sp³-hybridized carbons (Fsp3) is 0.787. The summed E-state index contributed by atoms with van der Waals surface area (Å²) in [5.41, 5.74) is 0. The summed E-state index contributed by atoms with van der Waals surface area (Å²) < 4.78 is 33.5. The van der Waals surface area contributed by atoms with Gasteiger partial charge in [0.2, 0.25) is 0 Å². The Morgan fingerprint density at radius 2 is 0.885 bits per heavy atom. The Balaban J connectivity index is 2.48. The van der Waals surface area contributed by atoms with Crippen LogP contribution in [0.2, 0.25) is 0 Å². The van der Waals surface area contributed by atoms with Crippen molar-refractivity contribution >= 4 is 19.8 Å². The standard InChI is InChI=1S/C47H83O13P/c1-3-5-7-9-11-13-15-17-19-20-22-23-25-27-29-31-33-35-40(48)57-37-39(38-58-61(55,56)60-47-45(53)43(51)42(50)44(52)46(47)54)59-41(49)36-34-32-30-28-26-24-21-18-16-14-12-10-8-6-4-2/h12,14,17-19,21,26,28,39,42-47,50-54H,3-11,13,15-16,20,22-25,27,29-38H2,1-2H3,(H,55,56)/b14-12-,19-17-,21-18-,28-26-/t39-,42?,43-,44?,45?,46?,47?/m1/s1. The average molecular weight is 887 g/mol. The molecule has 0 amide bonds. The van der Waals surface area contributed by atoms with Crippen LogP contribution in [0.5, 0.6) is 0 Å². The minimum atomic E-state index is -5.13. The number of hydrogen-bond donors (Lipinski definition) is 6. The SMILES string of the molecule is CCCCC/C=C\C/C=C\C/C=C\CCCCC(=O)O[C@H](COC(=O)CCCCCCCCC/C=C\CCCCCCCC)COP(=O)(O)OC1C(O)C(O)C(O)[C@@H](O)C1O. The number of carbonyl (C=O) groups is 2. The zero-order valence-electron chi connectivity index (χ0n) is 37.4. The van der Waals surface area contributed by atoms with Crippen LogP contribution in [-0.4, -0.2) is 98.3 Å². The molecule has 13 nitrogen and oxygen atoms in total. The number of aliphatic hydroxyl groups is 5. The molecule has 8 atom stereocenters. The van der Waals surface area contributed by atoms with E-state index in [4.69, 9.17) is 18.5 Å². The average Bonchev–Trinajstić information content (AvgIpc) is 3.24. The van der Waals surface area contributed by atoms with Crippen molar-refractivity contribution in [3.8, 4) is 0 Å². The summed E-state index contributed by atoms with van der Waals surface area (Å²) in [6.07, 6.45) is 30.2. The van der Waals surface area contributed by atoms with E-state index in [1.807, 2.05) is 0 Å². The van der Waals surface area contributed by atoms with Crippen LogP contribution in [0.1, 0.15) is 181 Å². The molecule has 0 bridgehead atoms. The van der Waals surface area contributed by atoms with Gasteiger partial charge in [-0.2, -0.15) is 0 Å². The summed E-state index contributed by atoms with van der Waals surface area (Å²) in [5.74, 6) is -1.15. The predicted octanol–water partition coefficient (Wildman–Crippen LogP) is 9.17. The number of unbranched alkanes of at least 4 members (excludes halogenated alkanes) is 18. The lowest BCUT2D eigenvalue weighted by Crippen LogP contribution is -2.64. The van der Waals surface area contributed by atoms with Gasteiger partial charge in [0.25, 0.3) is 0 Å². The van der Waals surface area contributed by atoms with E-state index in [1.54, 1.807) is 0 Å². The number of allylic oxidation sites excluding steroid dienone is 8. The summed E-state index contributed by atoms with van der Waals surface area (Å²) >= 11 is 0. The number of carbonyl (C=O) groups excluding carboxylic acids is 2. The number of hydrogen-bond acceptors (Lipinski definition) is 12. The van der Waals surface area contributed by atoms with Crippen molar-refractivity contribution in [1.29, 1.82) is 0 Å². The fourth-order valence-corrected chi connectivity index (χ4v) is 7.79. The minimum absolute atomic E-state index is 0.0462. The summed E-state index contributed by atoms with van der Waals surface area (Å²) in [7, 11) is -5.13. The highest BCUT2D eigenvalue weighted by atomic mass is 31.2. The number of phosphoric ester groups is 1. The molecule has 1 saturated carbocycles. The minimum Gasteiger partial charge on any atom is -0.462 e. The molecular weight excluding hydrogens is 803 g/mol. The maximum Gasteiger partial charge on any atom is 0.472 e. The summed E-state index contributed by atoms with van der Waals surface area (Å²) in [4.78, 5) is 35.7. The van der Waals surface area contributed by atoms with Crippen molar-refractivity contribution in [2.75, 3.05) is 13.2 Å². The van der Waals surface area contributed by atoms with Crippen molar-refractivity contribution in [2.24, 2.45) is 0 Å². The molecule has 0 radical (unpaired) electrons. The smallest absolute Gasteiger partial charge is 0.462 e. The molecule has 1 aliphatic carbocycles. The van der Waals surface area contributed by atoms with Gasteiger partial charge >= 0.3 is 19.8 Å². The van der Waals surface area contributed by atoms with Gasteiger partial charge in [0.05, 0.1) is 6.61 Å². The first kappa shape index (κ1) is 56.8. The number of esters is 2. The molecule has 0 spiro atoms. The molecule has 1 rings (SSSR count). The zero-order chi connectivity index (χ0) is 45.0. The van der Waals surface area contributed by atoms with Gasteiger partial charge in [-0.3, -0.25) is 18.6 Å². The molecule has 0 heterocycles. The Bertz CT molecular complexity index is 1250. The lowest BCUT2D eigenvalue weighted by atomic mass is 9.85. The topological polar surface area (TPSA) is 210 Å². The van der Waals surface area contributed by atoms with Crippen LogP contribution >= 0.6 is 7.82 Å². The maximum absolute atomic E-state index is 12.8. The molecule has 0 aromatic heterocycles. The highest BCUT2D eigenvalue weighted by molar-refractivity contribution is 7.47. The van der Waals surface area contributed by atoms with E-state index in [2.05, 4.69) is 62.5 Å². The Kier molecular flexibility index (Phi) is 34.7. The number of rotatable bonds is 38. The van der Waals surface area contributed by atoms with Crippen LogP contribution in [-0.2, 0) is 32.7 Å². The Hall–Kier alpha value is -2.19. The lowest BCUT2D eigenvalue weighted by Gasteiger charge is -2.41. The molecule has 354 valence electrons. The second-order valence-corrected chi connectivity index (χ2v) is 17.7. The van der Waals surface area contributed by atoms with Gasteiger partial charge < -0.3 is 39.9 Å². The van der Waals surface area contributed by atoms with Crippen LogP contribution in [0.3, 0.4) is 0 Å². The Morgan fingerprint density at radius 3 is 1.43 bits per heavy atom. The molecule has 0 saturated heterocycles. The third kappa shape index (κ3) is 29.7. The molecule has 0 aliphatic heterocycles. The van der Waals surface area contributed by atoms with Crippen LogP contribution in [0.4, 0.5) is 0 Å². The number of phosphoric acid groups is 1. The van der Waals surface area contributed by atoms with Crippen molar-refractivity contribution < 1.29 is 63.1 Å². The lowest BCUT2D eigenvalue weighted by molar-refractivity contribution is -0.220. The van der Waals surface area contributed by atoms with Gasteiger partial charge in [0.15, 0.2) is 6.10 Å². The normalized spacial score (nSPS) is 22.4. The third-order valence-electron chi connectivity index (χ3n) is 10.6. The predicted molar refractivity (Wildman–Crippen MR) is 239 cm³/mol. The second-order valence-electron chi connectivity index (χ2n) is 16.3. The molecule has 61 heavy (non-hydrogen) atoms. The first-order valence-electron chi connectivity index (χ1n) is 23.4. The Morgan fingerprint density at radius 1 is 0.508 bits per heavy atom. The van der Waals surface area contributed by atoms with Gasteiger partial charge in [-0.25, -0.2) is 4.57 Å². The number of aliphatic hydroxyl groups excluding tert-OH is 5. The van der Waals surface area contributed by atoms with E-state index in [-0.39, 0.29) is 12.8 Å². The van der Waals surface area contributed by atoms with Crippen molar-refractivity contribution in [3.63, 3.8) is 0 Å².